The Morgan fingerprint density at radius 3 is 2.59 bits per heavy atom. The van der Waals surface area contributed by atoms with Crippen molar-refractivity contribution >= 4 is 11.9 Å². The number of nitrogens with one attached hydrogen (secondary N) is 1. The van der Waals surface area contributed by atoms with E-state index in [0.717, 1.165) is 5.56 Å². The second-order valence-corrected chi connectivity index (χ2v) is 5.78. The highest BCUT2D eigenvalue weighted by molar-refractivity contribution is 5.95. The van der Waals surface area contributed by atoms with E-state index in [4.69, 9.17) is 5.73 Å². The van der Waals surface area contributed by atoms with Gasteiger partial charge in [-0.3, -0.25) is 4.79 Å². The van der Waals surface area contributed by atoms with Gasteiger partial charge in [-0.05, 0) is 24.0 Å². The number of benzene rings is 1. The molecule has 0 unspecified atom stereocenters. The topological polar surface area (TPSA) is 85.8 Å². The molecule has 1 aliphatic heterocycles. The van der Waals surface area contributed by atoms with Crippen LogP contribution in [0.3, 0.4) is 0 Å². The quantitative estimate of drug-likeness (QED) is 0.909. The number of amides is 1. The molecule has 3 N–H and O–H groups in total. The molecule has 3 rings (SSSR count). The fourth-order valence-corrected chi connectivity index (χ4v) is 2.78. The minimum atomic E-state index is -0.455. The van der Waals surface area contributed by atoms with Gasteiger partial charge in [0.05, 0.1) is 5.57 Å². The molecule has 6 nitrogen and oxygen atoms in total. The van der Waals surface area contributed by atoms with E-state index < -0.39 is 5.91 Å². The van der Waals surface area contributed by atoms with Crippen molar-refractivity contribution in [3.05, 3.63) is 53.0 Å². The molecule has 2 aromatic rings. The number of carbonyl (C=O) groups excluding carboxylic acids is 1. The van der Waals surface area contributed by atoms with Crippen LogP contribution < -0.4 is 11.1 Å². The number of nitrogens with two attached hydrogens (primary N) is 1. The molecule has 2 heterocycles. The summed E-state index contributed by atoms with van der Waals surface area (Å²) in [7, 11) is 0. The molecule has 22 heavy (non-hydrogen) atoms. The molecule has 0 aliphatic carbocycles. The van der Waals surface area contributed by atoms with E-state index in [2.05, 4.69) is 41.4 Å². The number of primary amides is 1. The minimum absolute atomic E-state index is 0.350. The number of aromatic nitrogens is 3. The number of anilines is 1. The lowest BCUT2D eigenvalue weighted by Gasteiger charge is -2.27. The summed E-state index contributed by atoms with van der Waals surface area (Å²) in [6.07, 6.45) is 1.47. The van der Waals surface area contributed by atoms with Crippen LogP contribution in [0.4, 0.5) is 5.95 Å². The predicted octanol–water partition coefficient (Wildman–Crippen LogP) is 2.18. The molecule has 6 heteroatoms. The van der Waals surface area contributed by atoms with E-state index >= 15 is 0 Å². The summed E-state index contributed by atoms with van der Waals surface area (Å²) in [6.45, 7) is 6.12. The maximum absolute atomic E-state index is 11.9. The summed E-state index contributed by atoms with van der Waals surface area (Å²) in [4.78, 5) is 16.1. The second-order valence-electron chi connectivity index (χ2n) is 5.78. The fourth-order valence-electron chi connectivity index (χ4n) is 2.78. The van der Waals surface area contributed by atoms with E-state index in [0.29, 0.717) is 23.1 Å². The number of nitrogens with zero attached hydrogens (tertiary/aromatic N) is 3. The molecule has 0 saturated heterocycles. The third kappa shape index (κ3) is 2.26. The van der Waals surface area contributed by atoms with Crippen molar-refractivity contribution in [1.29, 1.82) is 0 Å². The standard InChI is InChI=1S/C16H19N5O/c1-9(2)11-4-6-12(7-5-11)14-13(15(17)22)10(3)20-16-18-8-19-21(14)16/h4-9,14H,1-3H3,(H2,17,22)(H,18,19,20)/t14-/m0/s1. The molecule has 0 spiro atoms. The molecule has 1 amide bonds. The number of rotatable bonds is 3. The summed E-state index contributed by atoms with van der Waals surface area (Å²) >= 11 is 0. The normalized spacial score (nSPS) is 17.4. The highest BCUT2D eigenvalue weighted by atomic mass is 16.1. The zero-order chi connectivity index (χ0) is 15.9. The van der Waals surface area contributed by atoms with E-state index in [1.165, 1.54) is 11.9 Å². The summed E-state index contributed by atoms with van der Waals surface area (Å²) in [5, 5.41) is 7.31. The molecule has 1 atom stereocenters. The molecule has 0 bridgehead atoms. The average molecular weight is 297 g/mol. The molecular formula is C16H19N5O. The van der Waals surface area contributed by atoms with E-state index in [9.17, 15) is 4.79 Å². The minimum Gasteiger partial charge on any atom is -0.366 e. The van der Waals surface area contributed by atoms with Gasteiger partial charge in [-0.25, -0.2) is 4.68 Å². The Morgan fingerprint density at radius 2 is 2.00 bits per heavy atom. The predicted molar refractivity (Wildman–Crippen MR) is 84.2 cm³/mol. The van der Waals surface area contributed by atoms with Crippen molar-refractivity contribution in [2.75, 3.05) is 5.32 Å². The Labute approximate surface area is 129 Å². The van der Waals surface area contributed by atoms with Gasteiger partial charge in [0.2, 0.25) is 11.9 Å². The first-order chi connectivity index (χ1) is 10.5. The van der Waals surface area contributed by atoms with Crippen LogP contribution in [-0.2, 0) is 4.79 Å². The van der Waals surface area contributed by atoms with Crippen LogP contribution in [0.2, 0.25) is 0 Å². The van der Waals surface area contributed by atoms with Gasteiger partial charge in [-0.1, -0.05) is 38.1 Å². The van der Waals surface area contributed by atoms with Gasteiger partial charge in [-0.2, -0.15) is 10.1 Å². The van der Waals surface area contributed by atoms with Crippen LogP contribution in [0.25, 0.3) is 0 Å². The summed E-state index contributed by atoms with van der Waals surface area (Å²) in [6, 6.07) is 7.84. The molecule has 1 aromatic carbocycles. The highest BCUT2D eigenvalue weighted by Gasteiger charge is 2.32. The molecule has 0 radical (unpaired) electrons. The van der Waals surface area contributed by atoms with Gasteiger partial charge in [0.25, 0.3) is 0 Å². The van der Waals surface area contributed by atoms with Crippen molar-refractivity contribution in [2.24, 2.45) is 5.73 Å². The first kappa shape index (κ1) is 14.3. The molecule has 114 valence electrons. The average Bonchev–Trinajstić information content (AvgIpc) is 2.93. The molecule has 1 aliphatic rings. The first-order valence-corrected chi connectivity index (χ1v) is 7.26. The highest BCUT2D eigenvalue weighted by Crippen LogP contribution is 2.34. The van der Waals surface area contributed by atoms with E-state index in [1.807, 2.05) is 19.1 Å². The zero-order valence-corrected chi connectivity index (χ0v) is 12.9. The Bertz CT molecular complexity index is 742. The van der Waals surface area contributed by atoms with Crippen LogP contribution in [0.5, 0.6) is 0 Å². The van der Waals surface area contributed by atoms with E-state index in [-0.39, 0.29) is 6.04 Å². The lowest BCUT2D eigenvalue weighted by molar-refractivity contribution is -0.115. The van der Waals surface area contributed by atoms with Crippen LogP contribution in [0.1, 0.15) is 43.9 Å². The number of allylic oxidation sites excluding steroid dienone is 1. The first-order valence-electron chi connectivity index (χ1n) is 7.26. The van der Waals surface area contributed by atoms with Crippen LogP contribution in [0, 0.1) is 0 Å². The SMILES string of the molecule is CC1=C(C(N)=O)[C@H](c2ccc(C(C)C)cc2)n2ncnc2N1. The third-order valence-corrected chi connectivity index (χ3v) is 3.98. The fraction of sp³-hybridized carbons (Fsp3) is 0.312. The van der Waals surface area contributed by atoms with Crippen LogP contribution in [0.15, 0.2) is 41.9 Å². The lowest BCUT2D eigenvalue weighted by atomic mass is 9.93. The smallest absolute Gasteiger partial charge is 0.248 e. The van der Waals surface area contributed by atoms with Crippen molar-refractivity contribution < 1.29 is 4.79 Å². The third-order valence-electron chi connectivity index (χ3n) is 3.98. The largest absolute Gasteiger partial charge is 0.366 e. The van der Waals surface area contributed by atoms with Gasteiger partial charge >= 0.3 is 0 Å². The van der Waals surface area contributed by atoms with Crippen molar-refractivity contribution in [2.45, 2.75) is 32.7 Å². The van der Waals surface area contributed by atoms with Gasteiger partial charge in [0.15, 0.2) is 0 Å². The van der Waals surface area contributed by atoms with Gasteiger partial charge in [0, 0.05) is 5.70 Å². The molecular weight excluding hydrogens is 278 g/mol. The number of fused-ring (bicyclic) bond motifs is 1. The molecule has 0 saturated carbocycles. The maximum atomic E-state index is 11.9. The Kier molecular flexibility index (Phi) is 3.44. The van der Waals surface area contributed by atoms with Crippen LogP contribution >= 0.6 is 0 Å². The second kappa shape index (κ2) is 5.29. The zero-order valence-electron chi connectivity index (χ0n) is 12.9. The van der Waals surface area contributed by atoms with Gasteiger partial charge in [0.1, 0.15) is 12.4 Å². The summed E-state index contributed by atoms with van der Waals surface area (Å²) in [5.74, 6) is 0.612. The summed E-state index contributed by atoms with van der Waals surface area (Å²) in [5.41, 5.74) is 9.03. The van der Waals surface area contributed by atoms with Crippen LogP contribution in [-0.4, -0.2) is 20.7 Å². The van der Waals surface area contributed by atoms with Crippen molar-refractivity contribution in [1.82, 2.24) is 14.8 Å². The van der Waals surface area contributed by atoms with Gasteiger partial charge < -0.3 is 11.1 Å². The maximum Gasteiger partial charge on any atom is 0.248 e. The summed E-state index contributed by atoms with van der Waals surface area (Å²) < 4.78 is 1.69. The number of hydrogen-bond acceptors (Lipinski definition) is 4. The Hall–Kier alpha value is -2.63. The van der Waals surface area contributed by atoms with Crippen molar-refractivity contribution in [3.8, 4) is 0 Å². The number of hydrogen-bond donors (Lipinski definition) is 2. The van der Waals surface area contributed by atoms with Gasteiger partial charge in [-0.15, -0.1) is 0 Å². The monoisotopic (exact) mass is 297 g/mol. The Balaban J connectivity index is 2.12. The van der Waals surface area contributed by atoms with Crippen molar-refractivity contribution in [3.63, 3.8) is 0 Å². The molecule has 0 fully saturated rings. The Morgan fingerprint density at radius 1 is 1.32 bits per heavy atom. The van der Waals surface area contributed by atoms with E-state index in [1.54, 1.807) is 4.68 Å². The molecule has 1 aromatic heterocycles. The lowest BCUT2D eigenvalue weighted by Crippen LogP contribution is -2.31. The number of carbonyl (C=O) groups is 1.